The Balaban J connectivity index is 1.39. The summed E-state index contributed by atoms with van der Waals surface area (Å²) in [6.45, 7) is 3.74. The van der Waals surface area contributed by atoms with Gasteiger partial charge in [-0.2, -0.15) is 5.10 Å². The van der Waals surface area contributed by atoms with Gasteiger partial charge in [-0.05, 0) is 18.6 Å². The Morgan fingerprint density at radius 1 is 1.35 bits per heavy atom. The van der Waals surface area contributed by atoms with Gasteiger partial charge in [-0.1, -0.05) is 30.3 Å². The summed E-state index contributed by atoms with van der Waals surface area (Å²) in [4.78, 5) is 13.7. The maximum absolute atomic E-state index is 12.0. The van der Waals surface area contributed by atoms with E-state index in [1.807, 2.05) is 49.6 Å². The number of rotatable bonds is 5. The standard InChI is InChI=1S/C17H22N4O2/c1-13(16-8-9-20(2)19-16)18-15-10-21(11-15)17(22)23-12-14-6-4-3-5-7-14/h3-9,13,15,18H,10-12H2,1-2H3. The first kappa shape index (κ1) is 15.6. The van der Waals surface area contributed by atoms with Gasteiger partial charge in [0.15, 0.2) is 0 Å². The topological polar surface area (TPSA) is 59.4 Å². The zero-order chi connectivity index (χ0) is 16.2. The second-order valence-corrected chi connectivity index (χ2v) is 5.94. The Morgan fingerprint density at radius 3 is 2.74 bits per heavy atom. The molecule has 0 aliphatic carbocycles. The van der Waals surface area contributed by atoms with Gasteiger partial charge in [0.25, 0.3) is 0 Å². The van der Waals surface area contributed by atoms with Crippen LogP contribution in [0.25, 0.3) is 0 Å². The van der Waals surface area contributed by atoms with E-state index >= 15 is 0 Å². The second-order valence-electron chi connectivity index (χ2n) is 5.94. The fourth-order valence-corrected chi connectivity index (χ4v) is 2.65. The van der Waals surface area contributed by atoms with Crippen molar-refractivity contribution in [1.82, 2.24) is 20.0 Å². The molecule has 1 atom stereocenters. The fraction of sp³-hybridized carbons (Fsp3) is 0.412. The first-order valence-electron chi connectivity index (χ1n) is 7.83. The van der Waals surface area contributed by atoms with Crippen LogP contribution in [0.5, 0.6) is 0 Å². The minimum absolute atomic E-state index is 0.170. The normalized spacial score (nSPS) is 16.0. The molecule has 3 rings (SSSR count). The van der Waals surface area contributed by atoms with E-state index in [2.05, 4.69) is 17.3 Å². The molecule has 1 amide bonds. The molecule has 122 valence electrons. The first-order chi connectivity index (χ1) is 11.1. The third kappa shape index (κ3) is 3.90. The Morgan fingerprint density at radius 2 is 2.09 bits per heavy atom. The highest BCUT2D eigenvalue weighted by Gasteiger charge is 2.32. The van der Waals surface area contributed by atoms with E-state index in [9.17, 15) is 4.79 Å². The molecule has 1 aliphatic heterocycles. The summed E-state index contributed by atoms with van der Waals surface area (Å²) in [6.07, 6.45) is 1.68. The van der Waals surface area contributed by atoms with Crippen molar-refractivity contribution >= 4 is 6.09 Å². The van der Waals surface area contributed by atoms with Crippen LogP contribution in [0.15, 0.2) is 42.6 Å². The molecule has 0 bridgehead atoms. The van der Waals surface area contributed by atoms with Crippen LogP contribution >= 0.6 is 0 Å². The molecule has 2 aromatic rings. The summed E-state index contributed by atoms with van der Waals surface area (Å²) >= 11 is 0. The van der Waals surface area contributed by atoms with Crippen LogP contribution in [-0.2, 0) is 18.4 Å². The highest BCUT2D eigenvalue weighted by molar-refractivity contribution is 5.68. The molecule has 1 saturated heterocycles. The van der Waals surface area contributed by atoms with Gasteiger partial charge in [-0.3, -0.25) is 4.68 Å². The average Bonchev–Trinajstić information content (AvgIpc) is 2.95. The summed E-state index contributed by atoms with van der Waals surface area (Å²) in [5.41, 5.74) is 2.01. The zero-order valence-corrected chi connectivity index (χ0v) is 13.5. The number of likely N-dealkylation sites (tertiary alicyclic amines) is 1. The summed E-state index contributed by atoms with van der Waals surface area (Å²) in [7, 11) is 1.91. The van der Waals surface area contributed by atoms with E-state index < -0.39 is 0 Å². The van der Waals surface area contributed by atoms with Crippen molar-refractivity contribution in [3.05, 3.63) is 53.9 Å². The van der Waals surface area contributed by atoms with Crippen LogP contribution < -0.4 is 5.32 Å². The molecule has 1 N–H and O–H groups in total. The molecule has 0 radical (unpaired) electrons. The van der Waals surface area contributed by atoms with Crippen LogP contribution in [0.4, 0.5) is 4.79 Å². The molecule has 23 heavy (non-hydrogen) atoms. The van der Waals surface area contributed by atoms with Crippen molar-refractivity contribution in [2.75, 3.05) is 13.1 Å². The molecule has 1 aromatic carbocycles. The highest BCUT2D eigenvalue weighted by Crippen LogP contribution is 2.16. The summed E-state index contributed by atoms with van der Waals surface area (Å²) in [5.74, 6) is 0. The van der Waals surface area contributed by atoms with E-state index in [1.54, 1.807) is 9.58 Å². The number of carbonyl (C=O) groups excluding carboxylic acids is 1. The van der Waals surface area contributed by atoms with E-state index in [-0.39, 0.29) is 18.2 Å². The van der Waals surface area contributed by atoms with E-state index in [0.29, 0.717) is 19.7 Å². The lowest BCUT2D eigenvalue weighted by molar-refractivity contribution is 0.0580. The van der Waals surface area contributed by atoms with E-state index in [0.717, 1.165) is 11.3 Å². The van der Waals surface area contributed by atoms with Crippen molar-refractivity contribution in [3.8, 4) is 0 Å². The molecular formula is C17H22N4O2. The van der Waals surface area contributed by atoms with Gasteiger partial charge >= 0.3 is 6.09 Å². The monoisotopic (exact) mass is 314 g/mol. The van der Waals surface area contributed by atoms with Crippen molar-refractivity contribution < 1.29 is 9.53 Å². The molecule has 1 unspecified atom stereocenters. The number of aromatic nitrogens is 2. The van der Waals surface area contributed by atoms with Gasteiger partial charge in [0.1, 0.15) is 6.61 Å². The van der Waals surface area contributed by atoms with Crippen molar-refractivity contribution in [3.63, 3.8) is 0 Å². The van der Waals surface area contributed by atoms with Gasteiger partial charge in [-0.15, -0.1) is 0 Å². The van der Waals surface area contributed by atoms with Gasteiger partial charge in [0.05, 0.1) is 5.69 Å². The second kappa shape index (κ2) is 6.83. The summed E-state index contributed by atoms with van der Waals surface area (Å²) < 4.78 is 7.11. The molecule has 1 aromatic heterocycles. The maximum atomic E-state index is 12.0. The maximum Gasteiger partial charge on any atom is 0.410 e. The van der Waals surface area contributed by atoms with Crippen LogP contribution in [0.3, 0.4) is 0 Å². The van der Waals surface area contributed by atoms with Crippen LogP contribution in [0, 0.1) is 0 Å². The lowest BCUT2D eigenvalue weighted by Crippen LogP contribution is -2.60. The lowest BCUT2D eigenvalue weighted by atomic mass is 10.1. The number of nitrogens with zero attached hydrogens (tertiary/aromatic N) is 3. The number of carbonyl (C=O) groups is 1. The van der Waals surface area contributed by atoms with Crippen molar-refractivity contribution in [2.24, 2.45) is 7.05 Å². The third-order valence-corrected chi connectivity index (χ3v) is 4.01. The number of benzene rings is 1. The molecule has 1 aliphatic rings. The fourth-order valence-electron chi connectivity index (χ4n) is 2.65. The Kier molecular flexibility index (Phi) is 4.62. The van der Waals surface area contributed by atoms with Crippen LogP contribution in [0.1, 0.15) is 24.2 Å². The van der Waals surface area contributed by atoms with E-state index in [4.69, 9.17) is 4.74 Å². The molecule has 1 fully saturated rings. The first-order valence-corrected chi connectivity index (χ1v) is 7.83. The SMILES string of the molecule is CC(NC1CN(C(=O)OCc2ccccc2)C1)c1ccn(C)n1. The van der Waals surface area contributed by atoms with Crippen molar-refractivity contribution in [1.29, 1.82) is 0 Å². The van der Waals surface area contributed by atoms with Gasteiger partial charge < -0.3 is 15.0 Å². The predicted molar refractivity (Wildman–Crippen MR) is 86.7 cm³/mol. The minimum atomic E-state index is -0.252. The largest absolute Gasteiger partial charge is 0.445 e. The van der Waals surface area contributed by atoms with Crippen LogP contribution in [0.2, 0.25) is 0 Å². The molecule has 0 spiro atoms. The van der Waals surface area contributed by atoms with E-state index in [1.165, 1.54) is 0 Å². The van der Waals surface area contributed by atoms with Gasteiger partial charge in [-0.25, -0.2) is 4.79 Å². The molecular weight excluding hydrogens is 292 g/mol. The quantitative estimate of drug-likeness (QED) is 0.918. The molecule has 2 heterocycles. The number of nitrogens with one attached hydrogen (secondary N) is 1. The Bertz CT molecular complexity index is 650. The number of hydrogen-bond donors (Lipinski definition) is 1. The van der Waals surface area contributed by atoms with Crippen molar-refractivity contribution in [2.45, 2.75) is 25.6 Å². The Hall–Kier alpha value is -2.34. The average molecular weight is 314 g/mol. The Labute approximate surface area is 136 Å². The van der Waals surface area contributed by atoms with Gasteiger partial charge in [0.2, 0.25) is 0 Å². The minimum Gasteiger partial charge on any atom is -0.445 e. The smallest absolute Gasteiger partial charge is 0.410 e. The number of ether oxygens (including phenoxy) is 1. The molecule has 6 nitrogen and oxygen atoms in total. The summed E-state index contributed by atoms with van der Waals surface area (Å²) in [5, 5.41) is 7.87. The van der Waals surface area contributed by atoms with Crippen LogP contribution in [-0.4, -0.2) is 39.9 Å². The number of amides is 1. The lowest BCUT2D eigenvalue weighted by Gasteiger charge is -2.39. The summed E-state index contributed by atoms with van der Waals surface area (Å²) in [6, 6.07) is 12.2. The highest BCUT2D eigenvalue weighted by atomic mass is 16.6. The van der Waals surface area contributed by atoms with Gasteiger partial charge in [0, 0.05) is 38.4 Å². The predicted octanol–water partition coefficient (Wildman–Crippen LogP) is 2.09. The molecule has 6 heteroatoms. The third-order valence-electron chi connectivity index (χ3n) is 4.01. The number of aryl methyl sites for hydroxylation is 1. The molecule has 0 saturated carbocycles. The number of hydrogen-bond acceptors (Lipinski definition) is 4. The zero-order valence-electron chi connectivity index (χ0n) is 13.5.